The maximum absolute atomic E-state index is 10.9. The SMILES string of the molecule is CC(=O)N[C@H]([C@H](O)[C@H](C=O)NC(C)=O)[C@H](O)CO. The van der Waals surface area contributed by atoms with Gasteiger partial charge in [0.2, 0.25) is 11.8 Å². The molecule has 8 heteroatoms. The van der Waals surface area contributed by atoms with Crippen molar-refractivity contribution in [1.82, 2.24) is 10.6 Å². The van der Waals surface area contributed by atoms with Crippen LogP contribution in [0.3, 0.4) is 0 Å². The molecule has 0 radical (unpaired) electrons. The number of aliphatic hydroxyl groups excluding tert-OH is 3. The molecule has 104 valence electrons. The van der Waals surface area contributed by atoms with Crippen LogP contribution in [0.4, 0.5) is 0 Å². The number of carbonyl (C=O) groups excluding carboxylic acids is 3. The highest BCUT2D eigenvalue weighted by molar-refractivity contribution is 5.78. The van der Waals surface area contributed by atoms with Crippen molar-refractivity contribution in [2.24, 2.45) is 0 Å². The second-order valence-corrected chi connectivity index (χ2v) is 3.83. The Morgan fingerprint density at radius 1 is 1.17 bits per heavy atom. The molecule has 0 aromatic carbocycles. The average molecular weight is 262 g/mol. The minimum atomic E-state index is -1.56. The molecule has 5 N–H and O–H groups in total. The van der Waals surface area contributed by atoms with Crippen LogP contribution in [-0.4, -0.2) is 64.3 Å². The summed E-state index contributed by atoms with van der Waals surface area (Å²) in [5.41, 5.74) is 0. The Morgan fingerprint density at radius 3 is 2.00 bits per heavy atom. The number of aliphatic hydroxyl groups is 3. The van der Waals surface area contributed by atoms with Crippen LogP contribution >= 0.6 is 0 Å². The summed E-state index contributed by atoms with van der Waals surface area (Å²) in [6.45, 7) is 1.59. The first kappa shape index (κ1) is 16.5. The third-order valence-electron chi connectivity index (χ3n) is 2.22. The van der Waals surface area contributed by atoms with Gasteiger partial charge in [-0.2, -0.15) is 0 Å². The molecule has 0 fully saturated rings. The van der Waals surface area contributed by atoms with Gasteiger partial charge in [0, 0.05) is 13.8 Å². The van der Waals surface area contributed by atoms with Crippen LogP contribution in [0.5, 0.6) is 0 Å². The van der Waals surface area contributed by atoms with E-state index in [1.165, 1.54) is 0 Å². The molecular weight excluding hydrogens is 244 g/mol. The van der Waals surface area contributed by atoms with Crippen LogP contribution < -0.4 is 10.6 Å². The summed E-state index contributed by atoms with van der Waals surface area (Å²) in [4.78, 5) is 32.5. The second-order valence-electron chi connectivity index (χ2n) is 3.83. The van der Waals surface area contributed by atoms with Crippen molar-refractivity contribution in [1.29, 1.82) is 0 Å². The molecule has 0 bridgehead atoms. The van der Waals surface area contributed by atoms with Crippen molar-refractivity contribution in [2.75, 3.05) is 6.61 Å². The van der Waals surface area contributed by atoms with E-state index in [4.69, 9.17) is 5.11 Å². The van der Waals surface area contributed by atoms with Crippen molar-refractivity contribution in [3.8, 4) is 0 Å². The number of rotatable bonds is 7. The molecule has 2 amide bonds. The molecule has 0 heterocycles. The zero-order chi connectivity index (χ0) is 14.3. The number of amides is 2. The fourth-order valence-electron chi connectivity index (χ4n) is 1.42. The lowest BCUT2D eigenvalue weighted by atomic mass is 9.99. The van der Waals surface area contributed by atoms with E-state index in [9.17, 15) is 24.6 Å². The smallest absolute Gasteiger partial charge is 0.217 e. The van der Waals surface area contributed by atoms with Gasteiger partial charge in [-0.05, 0) is 0 Å². The number of hydrogen-bond acceptors (Lipinski definition) is 6. The Bertz CT molecular complexity index is 309. The van der Waals surface area contributed by atoms with Gasteiger partial charge in [0.05, 0.1) is 18.8 Å². The third-order valence-corrected chi connectivity index (χ3v) is 2.22. The van der Waals surface area contributed by atoms with Crippen molar-refractivity contribution >= 4 is 18.1 Å². The number of hydrogen-bond donors (Lipinski definition) is 5. The summed E-state index contributed by atoms with van der Waals surface area (Å²) in [7, 11) is 0. The number of carbonyl (C=O) groups is 3. The van der Waals surface area contributed by atoms with Crippen molar-refractivity contribution in [3.05, 3.63) is 0 Å². The van der Waals surface area contributed by atoms with Gasteiger partial charge in [0.1, 0.15) is 18.4 Å². The van der Waals surface area contributed by atoms with Gasteiger partial charge in [-0.15, -0.1) is 0 Å². The molecule has 0 rings (SSSR count). The van der Waals surface area contributed by atoms with Gasteiger partial charge in [-0.3, -0.25) is 9.59 Å². The van der Waals surface area contributed by atoms with E-state index >= 15 is 0 Å². The normalized spacial score (nSPS) is 17.2. The average Bonchev–Trinajstić information content (AvgIpc) is 2.30. The second kappa shape index (κ2) is 7.75. The fraction of sp³-hybridized carbons (Fsp3) is 0.700. The quantitative estimate of drug-likeness (QED) is 0.308. The zero-order valence-electron chi connectivity index (χ0n) is 10.2. The summed E-state index contributed by atoms with van der Waals surface area (Å²) in [5.74, 6) is -1.11. The molecule has 0 unspecified atom stereocenters. The van der Waals surface area contributed by atoms with Crippen LogP contribution in [0.25, 0.3) is 0 Å². The van der Waals surface area contributed by atoms with Gasteiger partial charge in [0.25, 0.3) is 0 Å². The third kappa shape index (κ3) is 5.21. The molecule has 0 spiro atoms. The molecule has 18 heavy (non-hydrogen) atoms. The minimum absolute atomic E-state index is 0.283. The summed E-state index contributed by atoms with van der Waals surface area (Å²) < 4.78 is 0. The zero-order valence-corrected chi connectivity index (χ0v) is 10.2. The molecule has 0 aromatic heterocycles. The van der Waals surface area contributed by atoms with Gasteiger partial charge in [-0.25, -0.2) is 0 Å². The van der Waals surface area contributed by atoms with E-state index < -0.39 is 42.7 Å². The van der Waals surface area contributed by atoms with E-state index in [0.717, 1.165) is 13.8 Å². The van der Waals surface area contributed by atoms with Crippen molar-refractivity contribution in [2.45, 2.75) is 38.1 Å². The van der Waals surface area contributed by atoms with Crippen LogP contribution in [0.15, 0.2) is 0 Å². The van der Waals surface area contributed by atoms with Crippen LogP contribution in [-0.2, 0) is 14.4 Å². The topological polar surface area (TPSA) is 136 Å². The first-order valence-electron chi connectivity index (χ1n) is 5.30. The summed E-state index contributed by atoms with van der Waals surface area (Å²) >= 11 is 0. The maximum atomic E-state index is 10.9. The first-order valence-corrected chi connectivity index (χ1v) is 5.30. The number of nitrogens with one attached hydrogen (secondary N) is 2. The Hall–Kier alpha value is -1.51. The van der Waals surface area contributed by atoms with Crippen molar-refractivity contribution < 1.29 is 29.7 Å². The predicted octanol–water partition coefficient (Wildman–Crippen LogP) is -3.09. The Balaban J connectivity index is 4.89. The first-order chi connectivity index (χ1) is 8.33. The largest absolute Gasteiger partial charge is 0.394 e. The molecule has 0 aliphatic heterocycles. The maximum Gasteiger partial charge on any atom is 0.217 e. The van der Waals surface area contributed by atoms with Gasteiger partial charge >= 0.3 is 0 Å². The Morgan fingerprint density at radius 2 is 1.67 bits per heavy atom. The van der Waals surface area contributed by atoms with Crippen LogP contribution in [0.1, 0.15) is 13.8 Å². The summed E-state index contributed by atoms with van der Waals surface area (Å²) in [6.07, 6.45) is -2.73. The van der Waals surface area contributed by atoms with E-state index in [1.807, 2.05) is 0 Å². The highest BCUT2D eigenvalue weighted by Gasteiger charge is 2.33. The lowest BCUT2D eigenvalue weighted by Gasteiger charge is -2.30. The minimum Gasteiger partial charge on any atom is -0.394 e. The predicted molar refractivity (Wildman–Crippen MR) is 60.4 cm³/mol. The molecule has 0 aliphatic rings. The van der Waals surface area contributed by atoms with Crippen LogP contribution in [0, 0.1) is 0 Å². The molecular formula is C10H18N2O6. The number of aldehydes is 1. The standard InChI is InChI=1S/C10H18N2O6/c1-5(15)11-7(3-13)10(18)9(8(17)4-14)12-6(2)16/h3,7-10,14,17-18H,4H2,1-2H3,(H,11,15)(H,12,16)/t7-,8+,9-,10+/m0/s1. The Kier molecular flexibility index (Phi) is 7.10. The highest BCUT2D eigenvalue weighted by atomic mass is 16.3. The molecule has 8 nitrogen and oxygen atoms in total. The lowest BCUT2D eigenvalue weighted by molar-refractivity contribution is -0.127. The molecule has 4 atom stereocenters. The van der Waals surface area contributed by atoms with E-state index in [-0.39, 0.29) is 6.29 Å². The van der Waals surface area contributed by atoms with Crippen molar-refractivity contribution in [3.63, 3.8) is 0 Å². The molecule has 0 aliphatic carbocycles. The molecule has 0 aromatic rings. The fourth-order valence-corrected chi connectivity index (χ4v) is 1.42. The van der Waals surface area contributed by atoms with E-state index in [0.29, 0.717) is 0 Å². The lowest BCUT2D eigenvalue weighted by Crippen LogP contribution is -2.59. The highest BCUT2D eigenvalue weighted by Crippen LogP contribution is 2.04. The summed E-state index contributed by atoms with van der Waals surface area (Å²) in [6, 6.07) is -2.56. The molecule has 0 saturated heterocycles. The monoisotopic (exact) mass is 262 g/mol. The van der Waals surface area contributed by atoms with Gasteiger partial charge in [-0.1, -0.05) is 0 Å². The van der Waals surface area contributed by atoms with E-state index in [1.54, 1.807) is 0 Å². The van der Waals surface area contributed by atoms with Crippen LogP contribution in [0.2, 0.25) is 0 Å². The Labute approximate surface area is 104 Å². The van der Waals surface area contributed by atoms with Gasteiger partial charge in [0.15, 0.2) is 0 Å². The molecule has 0 saturated carbocycles. The van der Waals surface area contributed by atoms with Gasteiger partial charge < -0.3 is 30.7 Å². The van der Waals surface area contributed by atoms with E-state index in [2.05, 4.69) is 10.6 Å². The summed E-state index contributed by atoms with van der Waals surface area (Å²) in [5, 5.41) is 32.5.